The highest BCUT2D eigenvalue weighted by Crippen LogP contribution is 2.27. The van der Waals surface area contributed by atoms with Crippen LogP contribution in [0.2, 0.25) is 0 Å². The highest BCUT2D eigenvalue weighted by Gasteiger charge is 2.34. The van der Waals surface area contributed by atoms with Crippen LogP contribution in [0.25, 0.3) is 0 Å². The second-order valence-electron chi connectivity index (χ2n) is 7.61. The molecule has 1 saturated heterocycles. The molecule has 33 heavy (non-hydrogen) atoms. The lowest BCUT2D eigenvalue weighted by Crippen LogP contribution is -2.33. The van der Waals surface area contributed by atoms with Crippen molar-refractivity contribution < 1.29 is 28.6 Å². The zero-order chi connectivity index (χ0) is 23.6. The molecule has 3 amide bonds. The van der Waals surface area contributed by atoms with Crippen LogP contribution in [0.15, 0.2) is 48.5 Å². The molecule has 0 saturated carbocycles. The smallest absolute Gasteiger partial charge is 0.262 e. The quantitative estimate of drug-likeness (QED) is 0.504. The van der Waals surface area contributed by atoms with Crippen LogP contribution in [0.1, 0.15) is 12.8 Å². The van der Waals surface area contributed by atoms with Crippen molar-refractivity contribution in [3.05, 3.63) is 48.5 Å². The Hall–Kier alpha value is -3.59. The maximum atomic E-state index is 12.4. The molecule has 1 heterocycles. The number of carbonyl (C=O) groups is 3. The van der Waals surface area contributed by atoms with Crippen LogP contribution in [0.3, 0.4) is 0 Å². The molecule has 3 rings (SSSR count). The molecule has 2 aromatic rings. The van der Waals surface area contributed by atoms with Crippen LogP contribution >= 0.6 is 0 Å². The van der Waals surface area contributed by atoms with Gasteiger partial charge in [0.1, 0.15) is 11.5 Å². The first-order chi connectivity index (χ1) is 16.0. The van der Waals surface area contributed by atoms with Gasteiger partial charge in [0.2, 0.25) is 11.8 Å². The fourth-order valence-corrected chi connectivity index (χ4v) is 3.47. The Morgan fingerprint density at radius 3 is 2.61 bits per heavy atom. The lowest BCUT2D eigenvalue weighted by atomic mass is 10.1. The van der Waals surface area contributed by atoms with Crippen LogP contribution in [-0.2, 0) is 19.1 Å². The molecule has 2 N–H and O–H groups in total. The Balaban J connectivity index is 1.47. The summed E-state index contributed by atoms with van der Waals surface area (Å²) in [5.41, 5.74) is 1.30. The molecule has 2 aromatic carbocycles. The van der Waals surface area contributed by atoms with Crippen LogP contribution in [0.4, 0.5) is 11.4 Å². The van der Waals surface area contributed by atoms with Gasteiger partial charge >= 0.3 is 0 Å². The minimum Gasteiger partial charge on any atom is -0.497 e. The molecule has 0 radical (unpaired) electrons. The van der Waals surface area contributed by atoms with Crippen molar-refractivity contribution in [1.82, 2.24) is 5.32 Å². The van der Waals surface area contributed by atoms with E-state index in [-0.39, 0.29) is 36.7 Å². The van der Waals surface area contributed by atoms with Crippen molar-refractivity contribution >= 4 is 29.1 Å². The number of methoxy groups -OCH3 is 2. The maximum absolute atomic E-state index is 12.4. The monoisotopic (exact) mass is 455 g/mol. The first-order valence-corrected chi connectivity index (χ1v) is 10.7. The van der Waals surface area contributed by atoms with E-state index in [1.807, 2.05) is 0 Å². The van der Waals surface area contributed by atoms with E-state index in [1.54, 1.807) is 67.7 Å². The average molecular weight is 456 g/mol. The number of nitrogens with one attached hydrogen (secondary N) is 2. The van der Waals surface area contributed by atoms with Gasteiger partial charge in [0.05, 0.1) is 13.0 Å². The molecule has 0 bridgehead atoms. The van der Waals surface area contributed by atoms with Crippen LogP contribution in [-0.4, -0.2) is 58.2 Å². The van der Waals surface area contributed by atoms with Gasteiger partial charge in [-0.2, -0.15) is 0 Å². The van der Waals surface area contributed by atoms with Crippen LogP contribution < -0.4 is 25.0 Å². The summed E-state index contributed by atoms with van der Waals surface area (Å²) in [5.74, 6) is 0.241. The second-order valence-corrected chi connectivity index (χ2v) is 7.61. The molecule has 0 aromatic heterocycles. The highest BCUT2D eigenvalue weighted by molar-refractivity contribution is 6.00. The van der Waals surface area contributed by atoms with E-state index in [0.717, 1.165) is 6.42 Å². The normalized spacial score (nSPS) is 15.3. The van der Waals surface area contributed by atoms with Gasteiger partial charge < -0.3 is 29.7 Å². The third kappa shape index (κ3) is 6.95. The minimum atomic E-state index is -0.378. The first kappa shape index (κ1) is 24.1. The average Bonchev–Trinajstić information content (AvgIpc) is 3.22. The van der Waals surface area contributed by atoms with E-state index < -0.39 is 0 Å². The van der Waals surface area contributed by atoms with Crippen molar-refractivity contribution in [1.29, 1.82) is 0 Å². The van der Waals surface area contributed by atoms with Gasteiger partial charge in [0.15, 0.2) is 6.61 Å². The summed E-state index contributed by atoms with van der Waals surface area (Å²) in [6.07, 6.45) is 0.907. The molecule has 1 aliphatic heterocycles. The Morgan fingerprint density at radius 1 is 1.09 bits per heavy atom. The zero-order valence-corrected chi connectivity index (χ0v) is 18.8. The number of nitrogens with zero attached hydrogens (tertiary/aromatic N) is 1. The number of benzene rings is 2. The van der Waals surface area contributed by atoms with E-state index in [2.05, 4.69) is 10.6 Å². The maximum Gasteiger partial charge on any atom is 0.262 e. The molecule has 1 fully saturated rings. The highest BCUT2D eigenvalue weighted by atomic mass is 16.5. The Labute approximate surface area is 193 Å². The van der Waals surface area contributed by atoms with Crippen LogP contribution in [0, 0.1) is 5.92 Å². The van der Waals surface area contributed by atoms with E-state index in [9.17, 15) is 14.4 Å². The molecule has 1 atom stereocenters. The second kappa shape index (κ2) is 11.9. The van der Waals surface area contributed by atoms with Crippen molar-refractivity contribution in [2.45, 2.75) is 12.8 Å². The SMILES string of the molecule is COCCCNC(=O)[C@H]1CC(=O)N(c2ccc(OCC(=O)Nc3cccc(OC)c3)cc2)C1. The summed E-state index contributed by atoms with van der Waals surface area (Å²) >= 11 is 0. The fourth-order valence-electron chi connectivity index (χ4n) is 3.47. The van der Waals surface area contributed by atoms with Crippen molar-refractivity contribution in [2.24, 2.45) is 5.92 Å². The van der Waals surface area contributed by atoms with Gasteiger partial charge in [-0.05, 0) is 42.8 Å². The van der Waals surface area contributed by atoms with Gasteiger partial charge in [-0.3, -0.25) is 14.4 Å². The summed E-state index contributed by atoms with van der Waals surface area (Å²) in [6, 6.07) is 13.9. The number of ether oxygens (including phenoxy) is 3. The van der Waals surface area contributed by atoms with E-state index in [0.29, 0.717) is 42.6 Å². The van der Waals surface area contributed by atoms with E-state index >= 15 is 0 Å². The summed E-state index contributed by atoms with van der Waals surface area (Å²) < 4.78 is 15.6. The Kier molecular flexibility index (Phi) is 8.65. The number of amides is 3. The predicted octanol–water partition coefficient (Wildman–Crippen LogP) is 2.22. The minimum absolute atomic E-state index is 0.0987. The van der Waals surface area contributed by atoms with Gasteiger partial charge in [-0.15, -0.1) is 0 Å². The molecule has 0 spiro atoms. The number of carbonyl (C=O) groups excluding carboxylic acids is 3. The topological polar surface area (TPSA) is 106 Å². The van der Waals surface area contributed by atoms with E-state index in [4.69, 9.17) is 14.2 Å². The van der Waals surface area contributed by atoms with E-state index in [1.165, 1.54) is 0 Å². The van der Waals surface area contributed by atoms with Gasteiger partial charge in [0, 0.05) is 50.7 Å². The third-order valence-corrected chi connectivity index (χ3v) is 5.19. The van der Waals surface area contributed by atoms with Crippen molar-refractivity contribution in [3.8, 4) is 11.5 Å². The largest absolute Gasteiger partial charge is 0.497 e. The number of rotatable bonds is 11. The molecule has 9 nitrogen and oxygen atoms in total. The Morgan fingerprint density at radius 2 is 1.88 bits per heavy atom. The summed E-state index contributed by atoms with van der Waals surface area (Å²) in [5, 5.41) is 5.59. The summed E-state index contributed by atoms with van der Waals surface area (Å²) in [7, 11) is 3.17. The zero-order valence-electron chi connectivity index (χ0n) is 18.8. The lowest BCUT2D eigenvalue weighted by Gasteiger charge is -2.17. The fraction of sp³-hybridized carbons (Fsp3) is 0.375. The number of anilines is 2. The first-order valence-electron chi connectivity index (χ1n) is 10.7. The summed E-state index contributed by atoms with van der Waals surface area (Å²) in [4.78, 5) is 38.5. The molecule has 1 aliphatic rings. The molecule has 0 aliphatic carbocycles. The molecular formula is C24H29N3O6. The van der Waals surface area contributed by atoms with Gasteiger partial charge in [-0.25, -0.2) is 0 Å². The number of hydrogen-bond donors (Lipinski definition) is 2. The molecule has 176 valence electrons. The lowest BCUT2D eigenvalue weighted by molar-refractivity contribution is -0.126. The third-order valence-electron chi connectivity index (χ3n) is 5.19. The number of hydrogen-bond acceptors (Lipinski definition) is 6. The van der Waals surface area contributed by atoms with Crippen molar-refractivity contribution in [2.75, 3.05) is 50.7 Å². The Bertz CT molecular complexity index is 963. The molecule has 9 heteroatoms. The summed E-state index contributed by atoms with van der Waals surface area (Å²) in [6.45, 7) is 1.27. The predicted molar refractivity (Wildman–Crippen MR) is 124 cm³/mol. The van der Waals surface area contributed by atoms with Gasteiger partial charge in [-0.1, -0.05) is 6.07 Å². The molecular weight excluding hydrogens is 426 g/mol. The molecule has 0 unspecified atom stereocenters. The van der Waals surface area contributed by atoms with Crippen molar-refractivity contribution in [3.63, 3.8) is 0 Å². The standard InChI is InChI=1S/C24H29N3O6/c1-31-12-4-11-25-24(30)17-13-23(29)27(15-17)19-7-9-20(10-8-19)33-16-22(28)26-18-5-3-6-21(14-18)32-2/h3,5-10,14,17H,4,11-13,15-16H2,1-2H3,(H,25,30)(H,26,28)/t17-/m0/s1. The van der Waals surface area contributed by atoms with Gasteiger partial charge in [0.25, 0.3) is 5.91 Å². The van der Waals surface area contributed by atoms with Crippen LogP contribution in [0.5, 0.6) is 11.5 Å².